The van der Waals surface area contributed by atoms with Crippen LogP contribution in [0.5, 0.6) is 0 Å². The second kappa shape index (κ2) is 10.6. The molecule has 0 saturated carbocycles. The topological polar surface area (TPSA) is 56.7 Å². The summed E-state index contributed by atoms with van der Waals surface area (Å²) in [6, 6.07) is 17.8. The van der Waals surface area contributed by atoms with Crippen LogP contribution in [0.2, 0.25) is 0 Å². The molecular formula is C31H31F3N4O. The number of amides is 1. The van der Waals surface area contributed by atoms with Crippen LogP contribution in [0.1, 0.15) is 59.9 Å². The summed E-state index contributed by atoms with van der Waals surface area (Å²) < 4.78 is 40.7. The number of carbonyl (C=O) groups excluding carboxylic acids is 1. The molecule has 0 radical (unpaired) electrons. The normalized spacial score (nSPS) is 17.2. The van der Waals surface area contributed by atoms with Gasteiger partial charge in [-0.05, 0) is 80.6 Å². The lowest BCUT2D eigenvalue weighted by Crippen LogP contribution is -2.36. The fraction of sp³-hybridized carbons (Fsp3) is 0.290. The number of benzene rings is 3. The number of hydrogen-bond donors (Lipinski definition) is 2. The Morgan fingerprint density at radius 2 is 1.77 bits per heavy atom. The van der Waals surface area contributed by atoms with Crippen LogP contribution in [0.15, 0.2) is 71.4 Å². The van der Waals surface area contributed by atoms with Gasteiger partial charge in [-0.25, -0.2) is 0 Å². The highest BCUT2D eigenvalue weighted by Gasteiger charge is 2.34. The maximum Gasteiger partial charge on any atom is 0.416 e. The van der Waals surface area contributed by atoms with E-state index in [1.807, 2.05) is 68.3 Å². The Labute approximate surface area is 226 Å². The minimum atomic E-state index is -4.44. The zero-order valence-electron chi connectivity index (χ0n) is 22.2. The SMILES string of the molecule is C/C(NNC(=O)CCCC1C=Nc2ccccc21)=C1/CN(c2cc(C)cc(C)c2)c2cc(C(F)(F)F)ccc21. The fourth-order valence-corrected chi connectivity index (χ4v) is 5.36. The molecule has 39 heavy (non-hydrogen) atoms. The number of aryl methyl sites for hydroxylation is 2. The van der Waals surface area contributed by atoms with Crippen molar-refractivity contribution in [2.24, 2.45) is 4.99 Å². The molecule has 2 heterocycles. The number of alkyl halides is 3. The second-order valence-corrected chi connectivity index (χ2v) is 10.3. The van der Waals surface area contributed by atoms with Gasteiger partial charge in [-0.15, -0.1) is 0 Å². The maximum absolute atomic E-state index is 13.6. The zero-order chi connectivity index (χ0) is 27.7. The first kappa shape index (κ1) is 26.5. The predicted octanol–water partition coefficient (Wildman–Crippen LogP) is 7.50. The van der Waals surface area contributed by atoms with Crippen molar-refractivity contribution in [1.29, 1.82) is 0 Å². The molecular weight excluding hydrogens is 501 g/mol. The van der Waals surface area contributed by atoms with E-state index in [0.29, 0.717) is 36.3 Å². The summed E-state index contributed by atoms with van der Waals surface area (Å²) in [7, 11) is 0. The van der Waals surface area contributed by atoms with Gasteiger partial charge >= 0.3 is 6.18 Å². The molecule has 3 aromatic carbocycles. The van der Waals surface area contributed by atoms with Gasteiger partial charge in [0.05, 0.1) is 17.8 Å². The molecule has 202 valence electrons. The van der Waals surface area contributed by atoms with Crippen molar-refractivity contribution in [2.75, 3.05) is 11.4 Å². The standard InChI is InChI=1S/C31H31F3N4O/c1-19-13-20(2)15-24(14-19)38-18-27(26-12-11-23(16-29(26)38)31(32,33)34)21(3)36-37-30(39)10-6-7-22-17-35-28-9-5-4-8-25(22)28/h4-5,8-9,11-17,22,36H,6-7,10,18H2,1-3H3,(H,37,39)/b27-21+. The molecule has 8 heteroatoms. The summed E-state index contributed by atoms with van der Waals surface area (Å²) in [6.07, 6.45) is -0.615. The number of hydrogen-bond acceptors (Lipinski definition) is 4. The number of halogens is 3. The van der Waals surface area contributed by atoms with Gasteiger partial charge in [-0.1, -0.05) is 30.3 Å². The van der Waals surface area contributed by atoms with Crippen LogP contribution in [-0.2, 0) is 11.0 Å². The van der Waals surface area contributed by atoms with Gasteiger partial charge in [0, 0.05) is 46.8 Å². The molecule has 2 aliphatic heterocycles. The monoisotopic (exact) mass is 532 g/mol. The number of nitrogens with one attached hydrogen (secondary N) is 2. The highest BCUT2D eigenvalue weighted by Crippen LogP contribution is 2.44. The van der Waals surface area contributed by atoms with Gasteiger partial charge in [0.1, 0.15) is 0 Å². The van der Waals surface area contributed by atoms with Gasteiger partial charge in [-0.3, -0.25) is 15.2 Å². The van der Waals surface area contributed by atoms with E-state index in [1.54, 1.807) is 0 Å². The van der Waals surface area contributed by atoms with Crippen LogP contribution in [0.3, 0.4) is 0 Å². The number of anilines is 2. The van der Waals surface area contributed by atoms with Crippen molar-refractivity contribution in [1.82, 2.24) is 10.9 Å². The summed E-state index contributed by atoms with van der Waals surface area (Å²) in [5, 5.41) is 0. The second-order valence-electron chi connectivity index (χ2n) is 10.3. The molecule has 1 unspecified atom stereocenters. The van der Waals surface area contributed by atoms with Crippen molar-refractivity contribution in [3.63, 3.8) is 0 Å². The van der Waals surface area contributed by atoms with E-state index in [1.165, 1.54) is 17.7 Å². The summed E-state index contributed by atoms with van der Waals surface area (Å²) >= 11 is 0. The first-order valence-electron chi connectivity index (χ1n) is 13.1. The number of carbonyl (C=O) groups is 1. The summed E-state index contributed by atoms with van der Waals surface area (Å²) in [5.74, 6) is 0.0774. The molecule has 5 rings (SSSR count). The lowest BCUT2D eigenvalue weighted by molar-refractivity contribution is -0.137. The molecule has 1 amide bonds. The van der Waals surface area contributed by atoms with Crippen molar-refractivity contribution in [2.45, 2.75) is 52.1 Å². The average molecular weight is 533 g/mol. The van der Waals surface area contributed by atoms with Crippen LogP contribution < -0.4 is 15.8 Å². The molecule has 0 saturated heterocycles. The minimum Gasteiger partial charge on any atom is -0.336 e. The van der Waals surface area contributed by atoms with E-state index < -0.39 is 11.7 Å². The van der Waals surface area contributed by atoms with Crippen molar-refractivity contribution >= 4 is 34.8 Å². The quantitative estimate of drug-likeness (QED) is 0.310. The summed E-state index contributed by atoms with van der Waals surface area (Å²) in [6.45, 7) is 6.15. The first-order valence-corrected chi connectivity index (χ1v) is 13.1. The van der Waals surface area contributed by atoms with Crippen molar-refractivity contribution in [3.05, 3.63) is 94.2 Å². The average Bonchev–Trinajstić information content (AvgIpc) is 3.48. The predicted molar refractivity (Wildman–Crippen MR) is 149 cm³/mol. The van der Waals surface area contributed by atoms with Gasteiger partial charge < -0.3 is 10.3 Å². The summed E-state index contributed by atoms with van der Waals surface area (Å²) in [4.78, 5) is 18.9. The Morgan fingerprint density at radius 1 is 1.03 bits per heavy atom. The number of para-hydroxylation sites is 1. The third kappa shape index (κ3) is 5.70. The molecule has 0 bridgehead atoms. The van der Waals surface area contributed by atoms with Crippen LogP contribution >= 0.6 is 0 Å². The molecule has 1 atom stereocenters. The summed E-state index contributed by atoms with van der Waals surface area (Å²) in [5.41, 5.74) is 12.9. The molecule has 2 aliphatic rings. The lowest BCUT2D eigenvalue weighted by Gasteiger charge is -2.21. The Balaban J connectivity index is 1.28. The van der Waals surface area contributed by atoms with Gasteiger partial charge in [0.2, 0.25) is 5.91 Å². The van der Waals surface area contributed by atoms with Crippen LogP contribution in [0, 0.1) is 13.8 Å². The number of aliphatic imine (C=N–C) groups is 1. The highest BCUT2D eigenvalue weighted by molar-refractivity contribution is 5.91. The lowest BCUT2D eigenvalue weighted by atomic mass is 9.95. The van der Waals surface area contributed by atoms with Gasteiger partial charge in [0.25, 0.3) is 0 Å². The van der Waals surface area contributed by atoms with E-state index in [2.05, 4.69) is 21.9 Å². The molecule has 0 aliphatic carbocycles. The number of nitrogens with zero attached hydrogens (tertiary/aromatic N) is 2. The number of allylic oxidation sites excluding steroid dienone is 1. The van der Waals surface area contributed by atoms with Crippen LogP contribution in [0.4, 0.5) is 30.2 Å². The Kier molecular flexibility index (Phi) is 7.21. The van der Waals surface area contributed by atoms with Crippen LogP contribution in [0.25, 0.3) is 5.57 Å². The largest absolute Gasteiger partial charge is 0.416 e. The highest BCUT2D eigenvalue weighted by atomic mass is 19.4. The van der Waals surface area contributed by atoms with E-state index >= 15 is 0 Å². The molecule has 0 fully saturated rings. The molecule has 2 N–H and O–H groups in total. The first-order chi connectivity index (χ1) is 18.6. The van der Waals surface area contributed by atoms with Crippen molar-refractivity contribution < 1.29 is 18.0 Å². The Bertz CT molecular complexity index is 1450. The van der Waals surface area contributed by atoms with E-state index in [-0.39, 0.29) is 11.8 Å². The fourth-order valence-electron chi connectivity index (χ4n) is 5.36. The maximum atomic E-state index is 13.6. The number of fused-ring (bicyclic) bond motifs is 2. The molecule has 0 aromatic heterocycles. The Morgan fingerprint density at radius 3 is 2.51 bits per heavy atom. The van der Waals surface area contributed by atoms with Crippen LogP contribution in [-0.4, -0.2) is 18.7 Å². The van der Waals surface area contributed by atoms with Gasteiger partial charge in [0.15, 0.2) is 0 Å². The molecule has 0 spiro atoms. The van der Waals surface area contributed by atoms with Crippen molar-refractivity contribution in [3.8, 4) is 0 Å². The van der Waals surface area contributed by atoms with E-state index in [4.69, 9.17) is 0 Å². The third-order valence-electron chi connectivity index (χ3n) is 7.27. The molecule has 5 nitrogen and oxygen atoms in total. The minimum absolute atomic E-state index is 0.144. The molecule has 3 aromatic rings. The van der Waals surface area contributed by atoms with E-state index in [0.717, 1.165) is 40.6 Å². The number of hydrazine groups is 1. The van der Waals surface area contributed by atoms with Gasteiger partial charge in [-0.2, -0.15) is 13.2 Å². The third-order valence-corrected chi connectivity index (χ3v) is 7.27. The Hall–Kier alpha value is -4.07. The zero-order valence-corrected chi connectivity index (χ0v) is 22.2. The smallest absolute Gasteiger partial charge is 0.336 e. The number of rotatable bonds is 7. The van der Waals surface area contributed by atoms with E-state index in [9.17, 15) is 18.0 Å².